The van der Waals surface area contributed by atoms with Crippen molar-refractivity contribution in [3.63, 3.8) is 0 Å². The van der Waals surface area contributed by atoms with E-state index in [-0.39, 0.29) is 35.1 Å². The Morgan fingerprint density at radius 1 is 1.17 bits per heavy atom. The van der Waals surface area contributed by atoms with Crippen LogP contribution in [0.5, 0.6) is 5.88 Å². The molecule has 11 heteroatoms. The summed E-state index contributed by atoms with van der Waals surface area (Å²) in [6.45, 7) is 24.5. The molecule has 0 spiro atoms. The van der Waals surface area contributed by atoms with E-state index < -0.39 is 0 Å². The average molecular weight is 598 g/mol. The van der Waals surface area contributed by atoms with Crippen molar-refractivity contribution in [2.75, 3.05) is 33.2 Å². The van der Waals surface area contributed by atoms with Crippen LogP contribution in [-0.4, -0.2) is 89.7 Å². The Bertz CT molecular complexity index is 939. The van der Waals surface area contributed by atoms with E-state index in [4.69, 9.17) is 24.2 Å². The topological polar surface area (TPSA) is 162 Å². The molecule has 1 aromatic heterocycles. The predicted octanol–water partition coefficient (Wildman–Crippen LogP) is 5.92. The van der Waals surface area contributed by atoms with Crippen LogP contribution in [0.4, 0.5) is 5.69 Å². The van der Waals surface area contributed by atoms with Gasteiger partial charge in [0.05, 0.1) is 0 Å². The van der Waals surface area contributed by atoms with E-state index in [1.165, 1.54) is 6.42 Å². The average Bonchev–Trinajstić information content (AvgIpc) is 3.33. The molecule has 42 heavy (non-hydrogen) atoms. The molecule has 0 radical (unpaired) electrons. The number of aliphatic hydroxyl groups is 1. The largest absolute Gasteiger partial charge is 0.490 e. The van der Waals surface area contributed by atoms with Gasteiger partial charge in [-0.05, 0) is 65.7 Å². The Labute approximate surface area is 252 Å². The van der Waals surface area contributed by atoms with E-state index >= 15 is 0 Å². The molecule has 1 saturated heterocycles. The number of aliphatic hydroxyl groups excluding tert-OH is 1. The van der Waals surface area contributed by atoms with Crippen molar-refractivity contribution < 1.29 is 38.9 Å². The fourth-order valence-corrected chi connectivity index (χ4v) is 4.27. The number of oxazole rings is 1. The summed E-state index contributed by atoms with van der Waals surface area (Å²) in [6, 6.07) is 8.07. The summed E-state index contributed by atoms with van der Waals surface area (Å²) in [5.41, 5.74) is 1.95. The quantitative estimate of drug-likeness (QED) is 0.244. The third kappa shape index (κ3) is 18.0. The number of hydrogen-bond acceptors (Lipinski definition) is 10. The SMILES string of the molecule is C=C.C=O.CC(C)(C)N1CCC(Nc2cccc(-c3nc(O)c(C=O)o3)c2)CC1(C)C.CCC.CO.COC.O=CO. The zero-order valence-electron chi connectivity index (χ0n) is 27.3. The van der Waals surface area contributed by atoms with Gasteiger partial charge in [-0.25, -0.2) is 0 Å². The molecule has 1 unspecified atom stereocenters. The Hall–Kier alpha value is -3.54. The van der Waals surface area contributed by atoms with Gasteiger partial charge in [-0.15, -0.1) is 13.2 Å². The zero-order chi connectivity index (χ0) is 33.9. The number of aromatic nitrogens is 1. The highest BCUT2D eigenvalue weighted by molar-refractivity contribution is 5.75. The first-order chi connectivity index (χ1) is 19.8. The number of hydrogen-bond donors (Lipinski definition) is 4. The fraction of sp³-hybridized carbons (Fsp3) is 0.548. The molecule has 0 bridgehead atoms. The van der Waals surface area contributed by atoms with Crippen molar-refractivity contribution in [3.05, 3.63) is 43.2 Å². The Morgan fingerprint density at radius 3 is 2.02 bits per heavy atom. The van der Waals surface area contributed by atoms with E-state index in [1.54, 1.807) is 14.2 Å². The van der Waals surface area contributed by atoms with Crippen molar-refractivity contribution in [3.8, 4) is 17.3 Å². The van der Waals surface area contributed by atoms with Crippen LogP contribution < -0.4 is 5.32 Å². The summed E-state index contributed by atoms with van der Waals surface area (Å²) < 4.78 is 9.57. The zero-order valence-corrected chi connectivity index (χ0v) is 27.3. The summed E-state index contributed by atoms with van der Waals surface area (Å²) in [4.78, 5) is 33.7. The van der Waals surface area contributed by atoms with Gasteiger partial charge in [-0.1, -0.05) is 26.3 Å². The van der Waals surface area contributed by atoms with Crippen LogP contribution >= 0.6 is 0 Å². The minimum absolute atomic E-state index is 0.110. The standard InChI is InChI=1S/C21H29N3O3.C3H8.C2H6O.C2H4.CH2O2.CH4O.CH2O/c1-20(2,3)24-10-9-16(12-21(24,4)5)22-15-8-6-7-14(11-15)19-23-18(26)17(13-25)27-19;2*1-3-2;1-2;2-1-3;2*1-2/h6-8,11,13,16,22,26H,9-10,12H2,1-5H3;3H2,1-2H3;1-2H3;1-2H2;1H,(H,2,3);2H,1H3;1H2. The third-order valence-corrected chi connectivity index (χ3v) is 5.21. The second kappa shape index (κ2) is 26.4. The lowest BCUT2D eigenvalue weighted by molar-refractivity contribution is -0.122. The van der Waals surface area contributed by atoms with Crippen molar-refractivity contribution >= 4 is 25.2 Å². The molecule has 242 valence electrons. The highest BCUT2D eigenvalue weighted by Crippen LogP contribution is 2.35. The molecule has 11 nitrogen and oxygen atoms in total. The van der Waals surface area contributed by atoms with Crippen LogP contribution in [0.3, 0.4) is 0 Å². The number of aldehydes is 1. The van der Waals surface area contributed by atoms with Gasteiger partial charge in [0.1, 0.15) is 6.79 Å². The van der Waals surface area contributed by atoms with Crippen molar-refractivity contribution in [1.82, 2.24) is 9.88 Å². The van der Waals surface area contributed by atoms with Crippen LogP contribution in [0.1, 0.15) is 78.3 Å². The third-order valence-electron chi connectivity index (χ3n) is 5.21. The lowest BCUT2D eigenvalue weighted by atomic mass is 9.83. The highest BCUT2D eigenvalue weighted by atomic mass is 16.4. The summed E-state index contributed by atoms with van der Waals surface area (Å²) in [5, 5.41) is 27.1. The molecule has 4 N–H and O–H groups in total. The Balaban J connectivity index is -0.000000411. The molecular formula is C31H55N3O8. The molecule has 0 aliphatic carbocycles. The molecule has 2 heterocycles. The number of carboxylic acid groups (broad SMARTS) is 1. The first-order valence-electron chi connectivity index (χ1n) is 13.4. The number of nitrogens with zero attached hydrogens (tertiary/aromatic N) is 2. The molecule has 1 aliphatic heterocycles. The summed E-state index contributed by atoms with van der Waals surface area (Å²) in [7, 11) is 4.25. The first-order valence-corrected chi connectivity index (χ1v) is 13.4. The smallest absolute Gasteiger partial charge is 0.290 e. The highest BCUT2D eigenvalue weighted by Gasteiger charge is 2.40. The van der Waals surface area contributed by atoms with Gasteiger partial charge in [-0.3, -0.25) is 14.5 Å². The Kier molecular flexibility index (Phi) is 28.5. The molecule has 1 fully saturated rings. The monoisotopic (exact) mass is 597 g/mol. The van der Waals surface area contributed by atoms with Gasteiger partial charge in [0.2, 0.25) is 11.7 Å². The maximum Gasteiger partial charge on any atom is 0.290 e. The molecular weight excluding hydrogens is 542 g/mol. The molecule has 1 aromatic carbocycles. The van der Waals surface area contributed by atoms with E-state index in [0.717, 1.165) is 37.7 Å². The summed E-state index contributed by atoms with van der Waals surface area (Å²) in [5.74, 6) is -0.296. The molecule has 1 aliphatic rings. The number of benzene rings is 1. The number of rotatable bonds is 4. The number of likely N-dealkylation sites (tertiary alicyclic amines) is 1. The summed E-state index contributed by atoms with van der Waals surface area (Å²) in [6.07, 6.45) is 3.82. The number of nitrogens with one attached hydrogen (secondary N) is 1. The van der Waals surface area contributed by atoms with E-state index in [2.05, 4.69) is 81.6 Å². The molecule has 3 rings (SSSR count). The van der Waals surface area contributed by atoms with Crippen molar-refractivity contribution in [2.24, 2.45) is 0 Å². The van der Waals surface area contributed by atoms with Gasteiger partial charge < -0.3 is 34.6 Å². The van der Waals surface area contributed by atoms with Crippen molar-refractivity contribution in [2.45, 2.75) is 84.8 Å². The number of carbonyl (C=O) groups is 3. The molecule has 0 amide bonds. The first kappa shape index (κ1) is 45.4. The fourth-order valence-electron chi connectivity index (χ4n) is 4.27. The number of piperidine rings is 1. The van der Waals surface area contributed by atoms with Gasteiger partial charge in [-0.2, -0.15) is 4.98 Å². The van der Waals surface area contributed by atoms with Crippen LogP contribution in [0.15, 0.2) is 41.8 Å². The van der Waals surface area contributed by atoms with Crippen LogP contribution in [0, 0.1) is 0 Å². The lowest BCUT2D eigenvalue weighted by Crippen LogP contribution is -2.59. The Morgan fingerprint density at radius 2 is 1.64 bits per heavy atom. The van der Waals surface area contributed by atoms with Gasteiger partial charge in [0.15, 0.2) is 6.29 Å². The minimum Gasteiger partial charge on any atom is -0.490 e. The van der Waals surface area contributed by atoms with Gasteiger partial charge in [0, 0.05) is 56.2 Å². The number of methoxy groups -OCH3 is 1. The lowest BCUT2D eigenvalue weighted by Gasteiger charge is -2.52. The second-order valence-electron chi connectivity index (χ2n) is 10.1. The van der Waals surface area contributed by atoms with Gasteiger partial charge >= 0.3 is 0 Å². The minimum atomic E-state index is -0.380. The summed E-state index contributed by atoms with van der Waals surface area (Å²) >= 11 is 0. The van der Waals surface area contributed by atoms with Crippen molar-refractivity contribution in [1.29, 1.82) is 0 Å². The number of aromatic hydroxyl groups is 1. The maximum atomic E-state index is 10.8. The maximum absolute atomic E-state index is 10.8. The molecule has 2 aromatic rings. The predicted molar refractivity (Wildman–Crippen MR) is 170 cm³/mol. The second-order valence-corrected chi connectivity index (χ2v) is 10.1. The van der Waals surface area contributed by atoms with Crippen LogP contribution in [-0.2, 0) is 14.3 Å². The number of ether oxygens (including phenoxy) is 1. The van der Waals surface area contributed by atoms with E-state index in [9.17, 15) is 9.90 Å². The van der Waals surface area contributed by atoms with E-state index in [1.807, 2.05) is 31.1 Å². The van der Waals surface area contributed by atoms with Gasteiger partial charge in [0.25, 0.3) is 12.4 Å². The van der Waals surface area contributed by atoms with E-state index in [0.29, 0.717) is 12.3 Å². The van der Waals surface area contributed by atoms with Crippen LogP contribution in [0.2, 0.25) is 0 Å². The molecule has 1 atom stereocenters. The normalized spacial score (nSPS) is 14.6. The number of carbonyl (C=O) groups excluding carboxylic acids is 2. The molecule has 0 saturated carbocycles. The van der Waals surface area contributed by atoms with Crippen LogP contribution in [0.25, 0.3) is 11.5 Å². The number of anilines is 1.